The highest BCUT2D eigenvalue weighted by Crippen LogP contribution is 2.64. The lowest BCUT2D eigenvalue weighted by atomic mass is 9.70. The molecule has 6 nitrogen and oxygen atoms in total. The number of hydrogen-bond donors (Lipinski definition) is 2. The summed E-state index contributed by atoms with van der Waals surface area (Å²) < 4.78 is 32.6. The zero-order valence-corrected chi connectivity index (χ0v) is 29.4. The number of carbonyl (C=O) groups excluding carboxylic acids is 1. The number of Topliss-reactive ketones (excluding diaryl/α,β-unsaturated/α-hetero) is 1. The number of fused-ring (bicyclic) bond motifs is 5. The van der Waals surface area contributed by atoms with Crippen molar-refractivity contribution >= 4 is 53.4 Å². The van der Waals surface area contributed by atoms with Crippen LogP contribution in [-0.4, -0.2) is 53.6 Å². The van der Waals surface area contributed by atoms with Crippen molar-refractivity contribution in [1.29, 1.82) is 0 Å². The maximum Gasteiger partial charge on any atom is 0.275 e. The number of aliphatic hydroxyl groups excluding tert-OH is 1. The predicted molar refractivity (Wildman–Crippen MR) is 185 cm³/mol. The Bertz CT molecular complexity index is 1560. The molecular formula is C36H50BrNO5S. The number of hydrogen-bond acceptors (Lipinski definition) is 5. The SMILES string of the molecule is CC12CCC(C(S(=O)(=O)O)C1=O)C2(C)C.CCCCCN(CCCCC)CC(O)c1ccc2cc(Br)c3ccccc3c2c1. The summed E-state index contributed by atoms with van der Waals surface area (Å²) in [6.45, 7) is 13.0. The summed E-state index contributed by atoms with van der Waals surface area (Å²) >= 11 is 3.70. The van der Waals surface area contributed by atoms with Crippen LogP contribution in [0.5, 0.6) is 0 Å². The van der Waals surface area contributed by atoms with Crippen molar-refractivity contribution < 1.29 is 22.9 Å². The van der Waals surface area contributed by atoms with Crippen LogP contribution < -0.4 is 0 Å². The van der Waals surface area contributed by atoms with Gasteiger partial charge in [0.1, 0.15) is 5.25 Å². The van der Waals surface area contributed by atoms with Crippen LogP contribution in [0.3, 0.4) is 0 Å². The average molecular weight is 689 g/mol. The number of aliphatic hydroxyl groups is 1. The molecule has 242 valence electrons. The van der Waals surface area contributed by atoms with E-state index >= 15 is 0 Å². The van der Waals surface area contributed by atoms with E-state index in [-0.39, 0.29) is 17.1 Å². The average Bonchev–Trinajstić information content (AvgIpc) is 3.29. The van der Waals surface area contributed by atoms with Gasteiger partial charge in [-0.1, -0.05) is 113 Å². The maximum atomic E-state index is 12.0. The molecule has 0 spiro atoms. The van der Waals surface area contributed by atoms with E-state index in [1.807, 2.05) is 20.8 Å². The van der Waals surface area contributed by atoms with Gasteiger partial charge >= 0.3 is 0 Å². The van der Waals surface area contributed by atoms with E-state index in [0.717, 1.165) is 29.5 Å². The molecule has 3 aromatic carbocycles. The zero-order valence-electron chi connectivity index (χ0n) is 27.0. The quantitative estimate of drug-likeness (QED) is 0.112. The lowest BCUT2D eigenvalue weighted by molar-refractivity contribution is -0.128. The second-order valence-electron chi connectivity index (χ2n) is 13.6. The second-order valence-corrected chi connectivity index (χ2v) is 16.0. The highest BCUT2D eigenvalue weighted by atomic mass is 79.9. The van der Waals surface area contributed by atoms with Crippen molar-refractivity contribution in [3.8, 4) is 0 Å². The monoisotopic (exact) mass is 687 g/mol. The molecule has 3 aromatic rings. The van der Waals surface area contributed by atoms with Gasteiger partial charge in [-0.25, -0.2) is 0 Å². The molecule has 0 aromatic heterocycles. The van der Waals surface area contributed by atoms with Gasteiger partial charge in [-0.15, -0.1) is 0 Å². The number of benzene rings is 3. The number of ketones is 1. The summed E-state index contributed by atoms with van der Waals surface area (Å²) in [6, 6.07) is 17.1. The van der Waals surface area contributed by atoms with Gasteiger partial charge in [-0.3, -0.25) is 9.35 Å². The fourth-order valence-corrected chi connectivity index (χ4v) is 9.46. The highest BCUT2D eigenvalue weighted by Gasteiger charge is 2.69. The summed E-state index contributed by atoms with van der Waals surface area (Å²) in [5, 5.41) is 14.7. The minimum absolute atomic E-state index is 0.231. The van der Waals surface area contributed by atoms with Crippen molar-refractivity contribution in [3.63, 3.8) is 0 Å². The Hall–Kier alpha value is -1.84. The Morgan fingerprint density at radius 3 is 2.07 bits per heavy atom. The first kappa shape index (κ1) is 35.0. The summed E-state index contributed by atoms with van der Waals surface area (Å²) in [5.74, 6) is -0.531. The van der Waals surface area contributed by atoms with Crippen molar-refractivity contribution in [2.24, 2.45) is 16.7 Å². The summed E-state index contributed by atoms with van der Waals surface area (Å²) in [4.78, 5) is 14.5. The molecule has 0 saturated heterocycles. The molecule has 0 aliphatic heterocycles. The zero-order chi connectivity index (χ0) is 32.3. The van der Waals surface area contributed by atoms with Gasteiger partial charge in [0.05, 0.1) is 6.10 Å². The van der Waals surface area contributed by atoms with Gasteiger partial charge in [0, 0.05) is 16.4 Å². The molecule has 2 N–H and O–H groups in total. The molecule has 8 heteroatoms. The van der Waals surface area contributed by atoms with E-state index in [2.05, 4.69) is 83.2 Å². The Kier molecular flexibility index (Phi) is 11.4. The molecular weight excluding hydrogens is 638 g/mol. The first-order valence-corrected chi connectivity index (χ1v) is 18.6. The van der Waals surface area contributed by atoms with Crippen molar-refractivity contribution in [1.82, 2.24) is 4.90 Å². The fourth-order valence-electron chi connectivity index (χ4n) is 7.44. The third kappa shape index (κ3) is 7.10. The number of unbranched alkanes of at least 4 members (excludes halogenated alkanes) is 4. The van der Waals surface area contributed by atoms with E-state index in [0.29, 0.717) is 13.0 Å². The first-order valence-electron chi connectivity index (χ1n) is 16.3. The molecule has 2 saturated carbocycles. The normalized spacial score (nSPS) is 23.3. The molecule has 2 fully saturated rings. The highest BCUT2D eigenvalue weighted by molar-refractivity contribution is 9.10. The van der Waals surface area contributed by atoms with Crippen molar-refractivity contribution in [2.45, 2.75) is 97.3 Å². The minimum Gasteiger partial charge on any atom is -0.387 e. The second kappa shape index (κ2) is 14.3. The van der Waals surface area contributed by atoms with Crippen LogP contribution in [0.2, 0.25) is 0 Å². The van der Waals surface area contributed by atoms with Crippen LogP contribution in [-0.2, 0) is 14.9 Å². The maximum absolute atomic E-state index is 12.0. The minimum atomic E-state index is -4.24. The molecule has 0 heterocycles. The van der Waals surface area contributed by atoms with Crippen molar-refractivity contribution in [2.75, 3.05) is 19.6 Å². The summed E-state index contributed by atoms with van der Waals surface area (Å²) in [6.07, 6.45) is 8.41. The Morgan fingerprint density at radius 2 is 1.55 bits per heavy atom. The third-order valence-electron chi connectivity index (χ3n) is 10.6. The third-order valence-corrected chi connectivity index (χ3v) is 12.4. The van der Waals surface area contributed by atoms with Gasteiger partial charge < -0.3 is 10.0 Å². The van der Waals surface area contributed by atoms with E-state index in [1.165, 1.54) is 60.1 Å². The van der Waals surface area contributed by atoms with Crippen LogP contribution in [0.4, 0.5) is 0 Å². The number of carbonyl (C=O) groups is 1. The smallest absolute Gasteiger partial charge is 0.275 e. The van der Waals surface area contributed by atoms with Gasteiger partial charge in [0.25, 0.3) is 10.1 Å². The standard InChI is InChI=1S/C26H34BrNO.C10H16O4S/c1-3-5-9-15-28(16-10-6-4-2)19-26(29)21-14-13-20-18-25(27)23-12-8-7-11-22(23)24(20)17-21;1-9(2)6-4-5-10(9,3)8(11)7(6)15(12,13)14/h7-8,11-14,17-18,26,29H,3-6,9-10,15-16,19H2,1-2H3;6-7H,4-5H2,1-3H3,(H,12,13,14). The van der Waals surface area contributed by atoms with Crippen molar-refractivity contribution in [3.05, 3.63) is 58.6 Å². The molecule has 0 radical (unpaired) electrons. The largest absolute Gasteiger partial charge is 0.387 e. The van der Waals surface area contributed by atoms with E-state index in [9.17, 15) is 18.3 Å². The van der Waals surface area contributed by atoms with Gasteiger partial charge in [-0.05, 0) is 89.3 Å². The molecule has 0 amide bonds. The molecule has 5 rings (SSSR count). The predicted octanol–water partition coefficient (Wildman–Crippen LogP) is 8.74. The molecule has 4 atom stereocenters. The number of rotatable bonds is 12. The number of nitrogens with zero attached hydrogens (tertiary/aromatic N) is 1. The fraction of sp³-hybridized carbons (Fsp3) is 0.583. The van der Waals surface area contributed by atoms with Crippen LogP contribution in [0.1, 0.15) is 97.7 Å². The molecule has 2 bridgehead atoms. The lowest BCUT2D eigenvalue weighted by Crippen LogP contribution is -2.38. The lowest BCUT2D eigenvalue weighted by Gasteiger charge is -2.32. The number of halogens is 1. The van der Waals surface area contributed by atoms with Crippen LogP contribution in [0, 0.1) is 16.7 Å². The van der Waals surface area contributed by atoms with E-state index < -0.39 is 26.9 Å². The van der Waals surface area contributed by atoms with E-state index in [4.69, 9.17) is 4.55 Å². The van der Waals surface area contributed by atoms with Gasteiger partial charge in [0.2, 0.25) is 0 Å². The molecule has 4 unspecified atom stereocenters. The Balaban J connectivity index is 0.000000246. The van der Waals surface area contributed by atoms with Crippen LogP contribution in [0.15, 0.2) is 53.0 Å². The molecule has 44 heavy (non-hydrogen) atoms. The molecule has 2 aliphatic carbocycles. The molecule has 2 aliphatic rings. The topological polar surface area (TPSA) is 94.9 Å². The van der Waals surface area contributed by atoms with Crippen LogP contribution >= 0.6 is 15.9 Å². The van der Waals surface area contributed by atoms with Gasteiger partial charge in [-0.2, -0.15) is 8.42 Å². The van der Waals surface area contributed by atoms with Gasteiger partial charge in [0.15, 0.2) is 5.78 Å². The van der Waals surface area contributed by atoms with E-state index in [1.54, 1.807) is 0 Å². The summed E-state index contributed by atoms with van der Waals surface area (Å²) in [7, 11) is -4.24. The Morgan fingerprint density at radius 1 is 0.932 bits per heavy atom. The first-order chi connectivity index (χ1) is 20.8. The Labute approximate surface area is 272 Å². The van der Waals surface area contributed by atoms with Crippen LogP contribution in [0.25, 0.3) is 21.5 Å². The summed E-state index contributed by atoms with van der Waals surface area (Å²) in [5.41, 5.74) is 0.101.